The fourth-order valence-electron chi connectivity index (χ4n) is 6.18. The molecule has 1 saturated heterocycles. The molecule has 0 radical (unpaired) electrons. The van der Waals surface area contributed by atoms with Crippen molar-refractivity contribution < 1.29 is 4.39 Å². The minimum Gasteiger partial charge on any atom is -0.381 e. The van der Waals surface area contributed by atoms with E-state index in [9.17, 15) is 4.39 Å². The largest absolute Gasteiger partial charge is 0.381 e. The molecule has 35 heavy (non-hydrogen) atoms. The summed E-state index contributed by atoms with van der Waals surface area (Å²) in [5.41, 5.74) is 8.12. The summed E-state index contributed by atoms with van der Waals surface area (Å²) in [6.07, 6.45) is 9.73. The Bertz CT molecular complexity index is 1150. The van der Waals surface area contributed by atoms with E-state index in [1.807, 2.05) is 32.1 Å². The number of fused-ring (bicyclic) bond motifs is 2. The number of halogens is 1. The lowest BCUT2D eigenvalue weighted by Crippen LogP contribution is -2.64. The van der Waals surface area contributed by atoms with Gasteiger partial charge in [-0.2, -0.15) is 0 Å². The molecule has 0 unspecified atom stereocenters. The molecule has 0 aromatic heterocycles. The minimum atomic E-state index is -0.138. The maximum atomic E-state index is 14.9. The van der Waals surface area contributed by atoms with Crippen molar-refractivity contribution >= 4 is 0 Å². The molecule has 1 saturated carbocycles. The highest BCUT2D eigenvalue weighted by Crippen LogP contribution is 2.53. The second-order valence-corrected chi connectivity index (χ2v) is 10.5. The molecule has 1 aliphatic carbocycles. The number of aryl methyl sites for hydroxylation is 1. The summed E-state index contributed by atoms with van der Waals surface area (Å²) in [6.45, 7) is 24.7. The van der Waals surface area contributed by atoms with Gasteiger partial charge in [-0.05, 0) is 48.8 Å². The number of benzene rings is 1. The van der Waals surface area contributed by atoms with Gasteiger partial charge >= 0.3 is 0 Å². The van der Waals surface area contributed by atoms with Gasteiger partial charge in [0.1, 0.15) is 5.82 Å². The first-order valence-corrected chi connectivity index (χ1v) is 12.8. The van der Waals surface area contributed by atoms with Crippen LogP contribution in [-0.2, 0) is 13.0 Å². The summed E-state index contributed by atoms with van der Waals surface area (Å²) in [4.78, 5) is 4.71. The molecular weight excluding hydrogens is 433 g/mol. The highest BCUT2D eigenvalue weighted by atomic mass is 19.1. The average molecular weight is 474 g/mol. The van der Waals surface area contributed by atoms with Crippen molar-refractivity contribution in [2.45, 2.75) is 65.0 Å². The summed E-state index contributed by atoms with van der Waals surface area (Å²) >= 11 is 0. The van der Waals surface area contributed by atoms with Crippen molar-refractivity contribution in [2.24, 2.45) is 5.92 Å². The maximum Gasteiger partial charge on any atom is 0.131 e. The van der Waals surface area contributed by atoms with Crippen molar-refractivity contribution in [2.75, 3.05) is 13.6 Å². The lowest BCUT2D eigenvalue weighted by molar-refractivity contribution is -0.0157. The lowest BCUT2D eigenvalue weighted by atomic mass is 9.63. The van der Waals surface area contributed by atoms with Crippen LogP contribution in [0.15, 0.2) is 84.5 Å². The Hall–Kier alpha value is -3.01. The van der Waals surface area contributed by atoms with Gasteiger partial charge in [0, 0.05) is 48.7 Å². The molecule has 1 aromatic carbocycles. The van der Waals surface area contributed by atoms with Gasteiger partial charge < -0.3 is 15.1 Å². The minimum absolute atomic E-state index is 0.0464. The predicted molar refractivity (Wildman–Crippen MR) is 145 cm³/mol. The molecule has 0 atom stereocenters. The van der Waals surface area contributed by atoms with Crippen LogP contribution in [0.3, 0.4) is 0 Å². The van der Waals surface area contributed by atoms with Crippen LogP contribution in [0.2, 0.25) is 0 Å². The zero-order valence-corrected chi connectivity index (χ0v) is 21.9. The van der Waals surface area contributed by atoms with E-state index in [1.54, 1.807) is 0 Å². The number of piperazine rings is 1. The molecule has 3 aliphatic rings. The smallest absolute Gasteiger partial charge is 0.131 e. The molecule has 0 bridgehead atoms. The van der Waals surface area contributed by atoms with Crippen LogP contribution in [0, 0.1) is 18.7 Å². The topological polar surface area (TPSA) is 18.5 Å². The van der Waals surface area contributed by atoms with Crippen LogP contribution in [0.5, 0.6) is 0 Å². The maximum absolute atomic E-state index is 14.9. The summed E-state index contributed by atoms with van der Waals surface area (Å²) in [5, 5.41) is 3.38. The predicted octanol–water partition coefficient (Wildman–Crippen LogP) is 6.90. The second-order valence-electron chi connectivity index (χ2n) is 10.5. The lowest BCUT2D eigenvalue weighted by Gasteiger charge is -2.61. The van der Waals surface area contributed by atoms with Gasteiger partial charge in [0.05, 0.1) is 16.9 Å². The Morgan fingerprint density at radius 3 is 2.54 bits per heavy atom. The number of hydrogen-bond acceptors (Lipinski definition) is 3. The quantitative estimate of drug-likeness (QED) is 0.443. The number of allylic oxidation sites excluding steroid dienone is 3. The Morgan fingerprint density at radius 2 is 1.91 bits per heavy atom. The third-order valence-electron chi connectivity index (χ3n) is 8.20. The molecule has 2 fully saturated rings. The van der Waals surface area contributed by atoms with Gasteiger partial charge in [-0.15, -0.1) is 0 Å². The van der Waals surface area contributed by atoms with E-state index in [0.29, 0.717) is 12.1 Å². The molecule has 1 N–H and O–H groups in total. The standard InChI is InChI=1S/C31H40FN3/c1-9-12-24-15-31(16-24)19-34(8)23(7)30-27(11-3)21(5)28(18-35(30)31)22(6)33-17-26-14-13-25(10-2)20(4)29(26)32/h11,13-14,18,24,33H,3,5-7,9-10,12,15-17,19H2,1-2,4,8H3. The molecule has 186 valence electrons. The first kappa shape index (κ1) is 25.1. The molecule has 2 heterocycles. The molecule has 3 nitrogen and oxygen atoms in total. The number of rotatable bonds is 8. The number of nitrogens with zero attached hydrogens (tertiary/aromatic N) is 2. The normalized spacial score (nSPS) is 23.8. The van der Waals surface area contributed by atoms with Crippen molar-refractivity contribution in [1.82, 2.24) is 15.1 Å². The van der Waals surface area contributed by atoms with Crippen LogP contribution < -0.4 is 5.32 Å². The van der Waals surface area contributed by atoms with Gasteiger partial charge in [-0.3, -0.25) is 0 Å². The highest BCUT2D eigenvalue weighted by molar-refractivity contribution is 5.64. The van der Waals surface area contributed by atoms with Crippen LogP contribution in [0.4, 0.5) is 4.39 Å². The van der Waals surface area contributed by atoms with Gasteiger partial charge in [0.25, 0.3) is 0 Å². The van der Waals surface area contributed by atoms with Crippen LogP contribution in [0.1, 0.15) is 56.2 Å². The zero-order chi connectivity index (χ0) is 25.5. The molecule has 2 aliphatic heterocycles. The molecule has 1 spiro atoms. The van der Waals surface area contributed by atoms with E-state index in [-0.39, 0.29) is 11.4 Å². The molecular formula is C31H40FN3. The van der Waals surface area contributed by atoms with Crippen molar-refractivity contribution in [1.29, 1.82) is 0 Å². The average Bonchev–Trinajstić information content (AvgIpc) is 2.81. The summed E-state index contributed by atoms with van der Waals surface area (Å²) in [5.74, 6) is 0.620. The van der Waals surface area contributed by atoms with E-state index >= 15 is 0 Å². The molecule has 4 heteroatoms. The number of nitrogens with one attached hydrogen (secondary N) is 1. The SMILES string of the molecule is C=CC1=C2C(=C)N(C)CC3(CC(CCC)C3)N2C=C(C(=C)NCc2ccc(CC)c(C)c2F)C1=C. The molecule has 4 rings (SSSR count). The fourth-order valence-corrected chi connectivity index (χ4v) is 6.18. The van der Waals surface area contributed by atoms with E-state index < -0.39 is 0 Å². The zero-order valence-electron chi connectivity index (χ0n) is 21.9. The monoisotopic (exact) mass is 473 g/mol. The van der Waals surface area contributed by atoms with Gasteiger partial charge in [0.15, 0.2) is 0 Å². The van der Waals surface area contributed by atoms with Crippen LogP contribution >= 0.6 is 0 Å². The summed E-state index contributed by atoms with van der Waals surface area (Å²) in [7, 11) is 2.13. The van der Waals surface area contributed by atoms with Crippen LogP contribution in [-0.4, -0.2) is 28.9 Å². The summed E-state index contributed by atoms with van der Waals surface area (Å²) < 4.78 is 14.9. The van der Waals surface area contributed by atoms with Crippen molar-refractivity contribution in [3.05, 3.63) is 107 Å². The van der Waals surface area contributed by atoms with Gasteiger partial charge in [0.2, 0.25) is 0 Å². The van der Waals surface area contributed by atoms with E-state index in [2.05, 4.69) is 61.6 Å². The first-order valence-electron chi connectivity index (χ1n) is 12.8. The van der Waals surface area contributed by atoms with Crippen molar-refractivity contribution in [3.8, 4) is 0 Å². The second kappa shape index (κ2) is 9.56. The third-order valence-corrected chi connectivity index (χ3v) is 8.20. The Morgan fingerprint density at radius 1 is 1.23 bits per heavy atom. The Balaban J connectivity index is 1.62. The highest BCUT2D eigenvalue weighted by Gasteiger charge is 2.53. The molecule has 0 amide bonds. The summed E-state index contributed by atoms with van der Waals surface area (Å²) in [6, 6.07) is 3.89. The fraction of sp³-hybridized carbons (Fsp3) is 0.419. The van der Waals surface area contributed by atoms with Crippen LogP contribution in [0.25, 0.3) is 0 Å². The number of likely N-dealkylation sites (N-methyl/N-ethyl adjacent to an activating group) is 1. The first-order chi connectivity index (χ1) is 16.7. The Labute approximate surface area is 211 Å². The number of hydrogen-bond donors (Lipinski definition) is 1. The van der Waals surface area contributed by atoms with E-state index in [0.717, 1.165) is 76.7 Å². The van der Waals surface area contributed by atoms with Gasteiger partial charge in [-0.1, -0.05) is 71.2 Å². The van der Waals surface area contributed by atoms with Gasteiger partial charge in [-0.25, -0.2) is 4.39 Å². The Kier molecular flexibility index (Phi) is 6.86. The third kappa shape index (κ3) is 4.17. The van der Waals surface area contributed by atoms with Crippen molar-refractivity contribution in [3.63, 3.8) is 0 Å². The van der Waals surface area contributed by atoms with E-state index in [1.165, 1.54) is 12.8 Å². The van der Waals surface area contributed by atoms with E-state index in [4.69, 9.17) is 0 Å². The molecule has 1 aromatic rings.